The average Bonchev–Trinajstić information content (AvgIpc) is 4.20. The van der Waals surface area contributed by atoms with E-state index in [0.717, 1.165) is 96.4 Å². The molecule has 18 heteroatoms. The smallest absolute Gasteiger partial charge is 0.338 e. The van der Waals surface area contributed by atoms with Gasteiger partial charge in [-0.2, -0.15) is 0 Å². The molecule has 3 aliphatic heterocycles. The minimum absolute atomic E-state index is 0. The van der Waals surface area contributed by atoms with Gasteiger partial charge in [-0.1, -0.05) is 36.4 Å². The molecule has 3 N–H and O–H groups in total. The molecule has 3 aliphatic rings. The van der Waals surface area contributed by atoms with Gasteiger partial charge >= 0.3 is 11.9 Å². The molecule has 6 aromatic heterocycles. The number of nitrogens with zero attached hydrogens (tertiary/aromatic N) is 8. The average molecular weight is 1060 g/mol. The zero-order valence-corrected chi connectivity index (χ0v) is 42.3. The number of esters is 2. The van der Waals surface area contributed by atoms with Gasteiger partial charge < -0.3 is 24.6 Å². The van der Waals surface area contributed by atoms with Crippen molar-refractivity contribution in [3.05, 3.63) is 201 Å². The second-order valence-electron chi connectivity index (χ2n) is 16.7. The first-order valence-corrected chi connectivity index (χ1v) is 24.1. The lowest BCUT2D eigenvalue weighted by molar-refractivity contribution is 0.0515. The van der Waals surface area contributed by atoms with Crippen LogP contribution in [0.3, 0.4) is 0 Å². The van der Waals surface area contributed by atoms with E-state index in [0.29, 0.717) is 49.5 Å². The second-order valence-corrected chi connectivity index (χ2v) is 17.6. The van der Waals surface area contributed by atoms with Crippen molar-refractivity contribution in [3.8, 4) is 0 Å². The van der Waals surface area contributed by atoms with Crippen molar-refractivity contribution >= 4 is 90.7 Å². The number of hydroxylamine groups is 1. The van der Waals surface area contributed by atoms with Crippen molar-refractivity contribution in [2.75, 3.05) is 23.0 Å². The molecule has 370 valence electrons. The van der Waals surface area contributed by atoms with Gasteiger partial charge in [-0.25, -0.2) is 15.1 Å². The number of nitrogens with one attached hydrogen (secondary N) is 2. The number of halogens is 2. The predicted octanol–water partition coefficient (Wildman–Crippen LogP) is 9.88. The van der Waals surface area contributed by atoms with Crippen LogP contribution in [0.1, 0.15) is 78.3 Å². The fourth-order valence-corrected chi connectivity index (χ4v) is 9.09. The van der Waals surface area contributed by atoms with E-state index in [1.807, 2.05) is 123 Å². The van der Waals surface area contributed by atoms with Crippen LogP contribution in [0.25, 0.3) is 33.1 Å². The number of amides is 1. The molecule has 12 rings (SSSR count). The highest BCUT2D eigenvalue weighted by atomic mass is 79.9. The first-order valence-electron chi connectivity index (χ1n) is 23.3. The summed E-state index contributed by atoms with van der Waals surface area (Å²) < 4.78 is 11.1. The van der Waals surface area contributed by atoms with E-state index in [4.69, 9.17) is 14.7 Å². The Bertz CT molecular complexity index is 3460. The monoisotopic (exact) mass is 1060 g/mol. The van der Waals surface area contributed by atoms with E-state index in [9.17, 15) is 14.4 Å². The summed E-state index contributed by atoms with van der Waals surface area (Å²) >= 11 is 3.33. The quantitative estimate of drug-likeness (QED) is 0.0774. The summed E-state index contributed by atoms with van der Waals surface area (Å²) in [6.07, 6.45) is 10.7. The van der Waals surface area contributed by atoms with E-state index in [-0.39, 0.29) is 24.3 Å². The summed E-state index contributed by atoms with van der Waals surface area (Å²) in [5, 5.41) is 12.1. The Morgan fingerprint density at radius 3 is 1.51 bits per heavy atom. The van der Waals surface area contributed by atoms with Crippen molar-refractivity contribution in [2.24, 2.45) is 0 Å². The van der Waals surface area contributed by atoms with Crippen LogP contribution in [0, 0.1) is 0 Å². The molecule has 0 radical (unpaired) electrons. The van der Waals surface area contributed by atoms with Crippen molar-refractivity contribution in [1.29, 1.82) is 0 Å². The van der Waals surface area contributed by atoms with Crippen molar-refractivity contribution in [3.63, 3.8) is 0 Å². The van der Waals surface area contributed by atoms with Gasteiger partial charge in [0.05, 0.1) is 81.2 Å². The topological polar surface area (TPSA) is 198 Å². The number of fused-ring (bicyclic) bond motifs is 6. The summed E-state index contributed by atoms with van der Waals surface area (Å²) in [4.78, 5) is 65.8. The summed E-state index contributed by atoms with van der Waals surface area (Å²) in [6.45, 7) is 8.78. The summed E-state index contributed by atoms with van der Waals surface area (Å²) in [5.74, 6) is -0.954. The predicted molar refractivity (Wildman–Crippen MR) is 284 cm³/mol. The highest BCUT2D eigenvalue weighted by molar-refractivity contribution is 9.10. The van der Waals surface area contributed by atoms with Gasteiger partial charge in [0.2, 0.25) is 0 Å². The number of hydrogen-bond acceptors (Lipinski definition) is 15. The van der Waals surface area contributed by atoms with Crippen LogP contribution in [0.5, 0.6) is 0 Å². The molecule has 9 heterocycles. The van der Waals surface area contributed by atoms with Gasteiger partial charge in [0.1, 0.15) is 0 Å². The Morgan fingerprint density at radius 1 is 0.548 bits per heavy atom. The van der Waals surface area contributed by atoms with Crippen molar-refractivity contribution < 1.29 is 29.1 Å². The Balaban J connectivity index is 0.000000135. The zero-order valence-electron chi connectivity index (χ0n) is 39.9. The van der Waals surface area contributed by atoms with Crippen molar-refractivity contribution in [1.82, 2.24) is 40.7 Å². The normalized spacial score (nSPS) is 12.7. The maximum absolute atomic E-state index is 12.2. The first kappa shape index (κ1) is 51.4. The van der Waals surface area contributed by atoms with Gasteiger partial charge in [-0.15, -0.1) is 12.4 Å². The lowest BCUT2D eigenvalue weighted by Gasteiger charge is -2.17. The SMILES string of the molecule is Brc1cnc2cccnc2c1.CCOC(=O)c1cccc2c1CN(c1cnc3cccnc3c1)C2.CCOC(=O)c1cccc2c1CNC2.Cl.O=C(NO)c1cccc2c1CN(c1cnc3cccnc3c1)C2. The molecule has 73 heavy (non-hydrogen) atoms. The van der Waals surface area contributed by atoms with E-state index in [1.165, 1.54) is 5.56 Å². The maximum Gasteiger partial charge on any atom is 0.338 e. The molecule has 0 saturated heterocycles. The highest BCUT2D eigenvalue weighted by Gasteiger charge is 2.27. The lowest BCUT2D eigenvalue weighted by atomic mass is 10.0. The molecular weight excluding hydrogens is 1010 g/mol. The molecule has 16 nitrogen and oxygen atoms in total. The fourth-order valence-electron chi connectivity index (χ4n) is 8.77. The third-order valence-corrected chi connectivity index (χ3v) is 12.6. The first-order chi connectivity index (χ1) is 35.2. The minimum atomic E-state index is -0.484. The van der Waals surface area contributed by atoms with E-state index < -0.39 is 5.91 Å². The Hall–Kier alpha value is -7.96. The molecule has 0 saturated carbocycles. The molecule has 0 atom stereocenters. The summed E-state index contributed by atoms with van der Waals surface area (Å²) in [5.41, 5.74) is 17.3. The van der Waals surface area contributed by atoms with Gasteiger partial charge in [0, 0.05) is 74.1 Å². The Morgan fingerprint density at radius 2 is 1.00 bits per heavy atom. The number of hydrogen-bond donors (Lipinski definition) is 3. The number of carbonyl (C=O) groups excluding carboxylic acids is 3. The molecular formula is C55H50BrClN10O6. The third-order valence-electron chi connectivity index (χ3n) is 12.2. The molecule has 0 aliphatic carbocycles. The zero-order chi connectivity index (χ0) is 50.0. The van der Waals surface area contributed by atoms with Crippen LogP contribution in [0.4, 0.5) is 11.4 Å². The molecule has 1 amide bonds. The number of pyridine rings is 6. The molecule has 0 fully saturated rings. The molecule has 0 bridgehead atoms. The summed E-state index contributed by atoms with van der Waals surface area (Å²) in [7, 11) is 0. The number of aromatic nitrogens is 6. The van der Waals surface area contributed by atoms with E-state index >= 15 is 0 Å². The fraction of sp³-hybridized carbons (Fsp3) is 0.182. The standard InChI is InChI=1S/C19H17N3O2.C17H14N4O2.C11H13NO2.C8H5BrN2.ClH/c1-2-24-19(23)15-6-3-5-13-11-22(12-16(13)15)14-9-18-17(21-10-14)7-4-8-20-18;22-17(20-23)13-4-1-3-11-9-21(10-14(11)13)12-7-16-15(19-8-12)5-2-6-18-16;1-2-14-11(13)9-5-3-4-8-6-12-7-10(8)9;9-6-4-8-7(11-5-6)2-1-3-10-8;/h3-10H,2,11-12H2,1H3;1-8,23H,9-10H2,(H,20,22);3-5,12H,2,6-7H2,1H3;1-5H;1H. The number of benzene rings is 3. The third kappa shape index (κ3) is 11.9. The molecule has 3 aromatic carbocycles. The van der Waals surface area contributed by atoms with Crippen LogP contribution in [-0.4, -0.2) is 66.2 Å². The van der Waals surface area contributed by atoms with Gasteiger partial charge in [-0.3, -0.25) is 39.9 Å². The van der Waals surface area contributed by atoms with E-state index in [1.54, 1.807) is 36.3 Å². The van der Waals surface area contributed by atoms with Gasteiger partial charge in [0.15, 0.2) is 0 Å². The van der Waals surface area contributed by atoms with Crippen molar-refractivity contribution in [2.45, 2.75) is 53.1 Å². The number of ether oxygens (including phenoxy) is 2. The number of rotatable bonds is 7. The van der Waals surface area contributed by atoms with Gasteiger partial charge in [-0.05, 0) is 136 Å². The van der Waals surface area contributed by atoms with Crippen LogP contribution < -0.4 is 20.6 Å². The highest BCUT2D eigenvalue weighted by Crippen LogP contribution is 2.33. The Labute approximate surface area is 435 Å². The summed E-state index contributed by atoms with van der Waals surface area (Å²) in [6, 6.07) is 34.5. The molecule has 0 spiro atoms. The van der Waals surface area contributed by atoms with Crippen LogP contribution >= 0.6 is 28.3 Å². The van der Waals surface area contributed by atoms with Crippen LogP contribution in [-0.2, 0) is 48.7 Å². The van der Waals surface area contributed by atoms with Gasteiger partial charge in [0.25, 0.3) is 5.91 Å². The number of anilines is 2. The second kappa shape index (κ2) is 24.0. The number of carbonyl (C=O) groups is 3. The van der Waals surface area contributed by atoms with Crippen LogP contribution in [0.15, 0.2) is 151 Å². The minimum Gasteiger partial charge on any atom is -0.462 e. The Kier molecular flexibility index (Phi) is 16.9. The maximum atomic E-state index is 12.2. The largest absolute Gasteiger partial charge is 0.462 e. The molecule has 9 aromatic rings. The van der Waals surface area contributed by atoms with Crippen LogP contribution in [0.2, 0.25) is 0 Å². The lowest BCUT2D eigenvalue weighted by Crippen LogP contribution is -2.21. The molecule has 0 unspecified atom stereocenters. The van der Waals surface area contributed by atoms with E-state index in [2.05, 4.69) is 67.0 Å².